The number of benzene rings is 3. The number of rotatable bonds is 8. The van der Waals surface area contributed by atoms with E-state index in [1.54, 1.807) is 0 Å². The van der Waals surface area contributed by atoms with E-state index in [1.807, 2.05) is 0 Å². The van der Waals surface area contributed by atoms with Crippen molar-refractivity contribution in [2.24, 2.45) is 0 Å². The number of para-hydroxylation sites is 1. The molecule has 0 bridgehead atoms. The number of aromatic nitrogens is 3. The van der Waals surface area contributed by atoms with Crippen LogP contribution in [-0.4, -0.2) is 14.8 Å². The summed E-state index contributed by atoms with van der Waals surface area (Å²) in [5, 5.41) is 9.51. The Bertz CT molecular complexity index is 1230. The fourth-order valence-electron chi connectivity index (χ4n) is 4.74. The van der Waals surface area contributed by atoms with Crippen molar-refractivity contribution in [3.63, 3.8) is 0 Å². The summed E-state index contributed by atoms with van der Waals surface area (Å²) in [4.78, 5) is 0. The van der Waals surface area contributed by atoms with Crippen LogP contribution in [0.5, 0.6) is 0 Å². The third-order valence-corrected chi connectivity index (χ3v) is 7.14. The lowest BCUT2D eigenvalue weighted by Crippen LogP contribution is -2.23. The summed E-state index contributed by atoms with van der Waals surface area (Å²) in [6.45, 7) is 13.5. The van der Waals surface area contributed by atoms with E-state index in [-0.39, 0.29) is 10.8 Å². The van der Waals surface area contributed by atoms with Gasteiger partial charge in [0, 0.05) is 16.4 Å². The zero-order valence-electron chi connectivity index (χ0n) is 21.5. The Hall–Kier alpha value is -3.20. The summed E-state index contributed by atoms with van der Waals surface area (Å²) < 4.78 is 2.28. The van der Waals surface area contributed by atoms with Gasteiger partial charge in [0.05, 0.1) is 5.69 Å². The summed E-state index contributed by atoms with van der Waals surface area (Å²) in [5.41, 5.74) is 5.91. The molecule has 176 valence electrons. The van der Waals surface area contributed by atoms with Crippen molar-refractivity contribution in [1.29, 1.82) is 0 Å². The second kappa shape index (κ2) is 9.58. The Morgan fingerprint density at radius 3 is 2.00 bits per heavy atom. The highest BCUT2D eigenvalue weighted by atomic mass is 15.3. The molecular formula is C31H37N3. The van der Waals surface area contributed by atoms with Crippen LogP contribution in [0.2, 0.25) is 0 Å². The molecular weight excluding hydrogens is 414 g/mol. The summed E-state index contributed by atoms with van der Waals surface area (Å²) >= 11 is 0. The van der Waals surface area contributed by atoms with Crippen LogP contribution in [0.25, 0.3) is 17.1 Å². The number of unbranched alkanes of at least 4 members (excludes halogenated alkanes) is 1. The van der Waals surface area contributed by atoms with Crippen LogP contribution in [-0.2, 0) is 10.8 Å². The van der Waals surface area contributed by atoms with Crippen molar-refractivity contribution in [3.05, 3.63) is 101 Å². The molecule has 1 heterocycles. The second-order valence-electron chi connectivity index (χ2n) is 10.5. The van der Waals surface area contributed by atoms with E-state index >= 15 is 0 Å². The monoisotopic (exact) mass is 451 g/mol. The van der Waals surface area contributed by atoms with Crippen LogP contribution in [0.3, 0.4) is 0 Å². The molecule has 3 nitrogen and oxygen atoms in total. The van der Waals surface area contributed by atoms with Crippen LogP contribution in [0.1, 0.15) is 76.4 Å². The first-order valence-electron chi connectivity index (χ1n) is 12.4. The SMILES string of the molecule is CCCCC(C)(C)c1nnc(-c2ccc(C(C)(C)c3ccccc3)cc2)n1-c1ccccc1C. The lowest BCUT2D eigenvalue weighted by atomic mass is 9.78. The Labute approximate surface area is 204 Å². The van der Waals surface area contributed by atoms with Gasteiger partial charge in [-0.05, 0) is 36.1 Å². The van der Waals surface area contributed by atoms with Gasteiger partial charge in [0.1, 0.15) is 5.82 Å². The van der Waals surface area contributed by atoms with E-state index < -0.39 is 0 Å². The van der Waals surface area contributed by atoms with Gasteiger partial charge in [-0.1, -0.05) is 120 Å². The van der Waals surface area contributed by atoms with Crippen molar-refractivity contribution in [3.8, 4) is 17.1 Å². The zero-order chi connectivity index (χ0) is 24.3. The summed E-state index contributed by atoms with van der Waals surface area (Å²) in [6, 6.07) is 28.1. The molecule has 0 fully saturated rings. The second-order valence-corrected chi connectivity index (χ2v) is 10.5. The van der Waals surface area contributed by atoms with Crippen molar-refractivity contribution in [2.75, 3.05) is 0 Å². The Morgan fingerprint density at radius 1 is 0.735 bits per heavy atom. The van der Waals surface area contributed by atoms with Gasteiger partial charge >= 0.3 is 0 Å². The molecule has 0 N–H and O–H groups in total. The average Bonchev–Trinajstić information content (AvgIpc) is 3.30. The first-order valence-corrected chi connectivity index (χ1v) is 12.4. The Kier molecular flexibility index (Phi) is 6.74. The minimum atomic E-state index is -0.0726. The number of nitrogens with zero attached hydrogens (tertiary/aromatic N) is 3. The lowest BCUT2D eigenvalue weighted by Gasteiger charge is -2.27. The standard InChI is InChI=1S/C31H37N3/c1-7-8-22-30(3,4)29-33-32-28(34(29)27-17-13-12-14-23(27)2)24-18-20-26(21-19-24)31(5,6)25-15-10-9-11-16-25/h9-21H,7-8,22H2,1-6H3. The Morgan fingerprint density at radius 2 is 1.35 bits per heavy atom. The molecule has 4 rings (SSSR count). The van der Waals surface area contributed by atoms with Gasteiger partial charge in [0.2, 0.25) is 0 Å². The van der Waals surface area contributed by atoms with Crippen LogP contribution < -0.4 is 0 Å². The molecule has 34 heavy (non-hydrogen) atoms. The highest BCUT2D eigenvalue weighted by Gasteiger charge is 2.30. The molecule has 0 aliphatic rings. The van der Waals surface area contributed by atoms with E-state index in [2.05, 4.69) is 125 Å². The molecule has 0 amide bonds. The third-order valence-electron chi connectivity index (χ3n) is 7.14. The minimum Gasteiger partial charge on any atom is -0.278 e. The van der Waals surface area contributed by atoms with E-state index in [4.69, 9.17) is 10.2 Å². The van der Waals surface area contributed by atoms with Crippen molar-refractivity contribution in [2.45, 2.75) is 71.6 Å². The van der Waals surface area contributed by atoms with Gasteiger partial charge in [-0.15, -0.1) is 10.2 Å². The van der Waals surface area contributed by atoms with Crippen LogP contribution >= 0.6 is 0 Å². The Balaban J connectivity index is 1.80. The van der Waals surface area contributed by atoms with E-state index in [9.17, 15) is 0 Å². The smallest absolute Gasteiger partial charge is 0.168 e. The molecule has 3 heteroatoms. The average molecular weight is 452 g/mol. The maximum atomic E-state index is 4.77. The van der Waals surface area contributed by atoms with Crippen molar-refractivity contribution >= 4 is 0 Å². The van der Waals surface area contributed by atoms with Gasteiger partial charge in [0.15, 0.2) is 5.82 Å². The molecule has 0 spiro atoms. The van der Waals surface area contributed by atoms with Crippen LogP contribution in [0.4, 0.5) is 0 Å². The molecule has 4 aromatic rings. The fourth-order valence-corrected chi connectivity index (χ4v) is 4.74. The summed E-state index contributed by atoms with van der Waals surface area (Å²) in [5.74, 6) is 1.93. The van der Waals surface area contributed by atoms with E-state index in [0.29, 0.717) is 0 Å². The summed E-state index contributed by atoms with van der Waals surface area (Å²) in [7, 11) is 0. The summed E-state index contributed by atoms with van der Waals surface area (Å²) in [6.07, 6.45) is 3.43. The highest BCUT2D eigenvalue weighted by molar-refractivity contribution is 5.61. The predicted molar refractivity (Wildman–Crippen MR) is 143 cm³/mol. The van der Waals surface area contributed by atoms with Gasteiger partial charge < -0.3 is 0 Å². The van der Waals surface area contributed by atoms with Crippen LogP contribution in [0.15, 0.2) is 78.9 Å². The first kappa shape index (κ1) is 23.9. The predicted octanol–water partition coefficient (Wildman–Crippen LogP) is 8.04. The fraction of sp³-hybridized carbons (Fsp3) is 0.355. The third kappa shape index (κ3) is 4.57. The molecule has 0 atom stereocenters. The van der Waals surface area contributed by atoms with Crippen molar-refractivity contribution < 1.29 is 0 Å². The first-order chi connectivity index (χ1) is 16.3. The van der Waals surface area contributed by atoms with E-state index in [1.165, 1.54) is 29.5 Å². The molecule has 0 unspecified atom stereocenters. The molecule has 0 aliphatic heterocycles. The van der Waals surface area contributed by atoms with Crippen LogP contribution in [0, 0.1) is 6.92 Å². The maximum Gasteiger partial charge on any atom is 0.168 e. The van der Waals surface area contributed by atoms with Gasteiger partial charge in [-0.3, -0.25) is 4.57 Å². The van der Waals surface area contributed by atoms with E-state index in [0.717, 1.165) is 29.3 Å². The molecule has 0 radical (unpaired) electrons. The molecule has 3 aromatic carbocycles. The van der Waals surface area contributed by atoms with Gasteiger partial charge in [-0.2, -0.15) is 0 Å². The zero-order valence-corrected chi connectivity index (χ0v) is 21.5. The quantitative estimate of drug-likeness (QED) is 0.271. The minimum absolute atomic E-state index is 0.0707. The maximum absolute atomic E-state index is 4.77. The van der Waals surface area contributed by atoms with Crippen molar-refractivity contribution in [1.82, 2.24) is 14.8 Å². The largest absolute Gasteiger partial charge is 0.278 e. The molecule has 0 saturated carbocycles. The lowest BCUT2D eigenvalue weighted by molar-refractivity contribution is 0.425. The van der Waals surface area contributed by atoms with Gasteiger partial charge in [0.25, 0.3) is 0 Å². The molecule has 0 saturated heterocycles. The van der Waals surface area contributed by atoms with Gasteiger partial charge in [-0.25, -0.2) is 0 Å². The molecule has 0 aliphatic carbocycles. The number of aryl methyl sites for hydroxylation is 1. The number of hydrogen-bond acceptors (Lipinski definition) is 2. The topological polar surface area (TPSA) is 30.7 Å². The molecule has 1 aromatic heterocycles. The number of hydrogen-bond donors (Lipinski definition) is 0. The highest BCUT2D eigenvalue weighted by Crippen LogP contribution is 2.36. The normalized spacial score (nSPS) is 12.2.